The van der Waals surface area contributed by atoms with Crippen LogP contribution >= 0.6 is 0 Å². The molecule has 0 aliphatic heterocycles. The summed E-state index contributed by atoms with van der Waals surface area (Å²) in [4.78, 5) is 25.3. The predicted octanol–water partition coefficient (Wildman–Crippen LogP) is 7.67. The number of aromatic nitrogens is 5. The van der Waals surface area contributed by atoms with E-state index in [0.29, 0.717) is 68.1 Å². The lowest BCUT2D eigenvalue weighted by Crippen LogP contribution is -2.01. The van der Waals surface area contributed by atoms with E-state index in [4.69, 9.17) is 43.9 Å². The Labute approximate surface area is 265 Å². The van der Waals surface area contributed by atoms with Crippen molar-refractivity contribution in [2.24, 2.45) is 0 Å². The molecule has 0 saturated heterocycles. The van der Waals surface area contributed by atoms with Crippen molar-refractivity contribution < 1.29 is 18.9 Å². The Morgan fingerprint density at radius 1 is 0.348 bits per heavy atom. The minimum atomic E-state index is 0.442. The van der Waals surface area contributed by atoms with Gasteiger partial charge in [-0.3, -0.25) is 0 Å². The molecule has 0 spiro atoms. The van der Waals surface area contributed by atoms with Gasteiger partial charge in [0.15, 0.2) is 11.3 Å². The second kappa shape index (κ2) is 12.1. The standard InChI is InChI=1S/C37H29N5O4/c1-43-26-13-5-9-22(17-26)32-34(24-11-7-15-28(19-24)45-3)40-36-30(38-32)21-31-37(42-36)41-35(25-12-8-16-29(20-25)46-4)33(39-31)23-10-6-14-27(18-23)44-2/h5-21H,1-4H3. The van der Waals surface area contributed by atoms with Gasteiger partial charge in [-0.05, 0) is 54.6 Å². The Hall–Kier alpha value is -6.09. The van der Waals surface area contributed by atoms with Gasteiger partial charge in [0.05, 0.1) is 51.2 Å². The van der Waals surface area contributed by atoms with Crippen LogP contribution in [0.2, 0.25) is 0 Å². The number of hydrogen-bond acceptors (Lipinski definition) is 9. The van der Waals surface area contributed by atoms with Gasteiger partial charge in [-0.15, -0.1) is 0 Å². The third kappa shape index (κ3) is 5.39. The summed E-state index contributed by atoms with van der Waals surface area (Å²) in [6, 6.07) is 32.8. The first-order valence-electron chi connectivity index (χ1n) is 14.5. The summed E-state index contributed by atoms with van der Waals surface area (Å²) >= 11 is 0. The second-order valence-corrected chi connectivity index (χ2v) is 10.4. The number of rotatable bonds is 8. The molecule has 0 fully saturated rings. The molecule has 0 N–H and O–H groups in total. The molecule has 0 aliphatic rings. The minimum Gasteiger partial charge on any atom is -0.497 e. The lowest BCUT2D eigenvalue weighted by atomic mass is 10.0. The van der Waals surface area contributed by atoms with Gasteiger partial charge in [0, 0.05) is 22.3 Å². The maximum atomic E-state index is 5.52. The summed E-state index contributed by atoms with van der Waals surface area (Å²) in [5, 5.41) is 0. The van der Waals surface area contributed by atoms with Crippen LogP contribution in [0.1, 0.15) is 0 Å². The highest BCUT2D eigenvalue weighted by atomic mass is 16.5. The predicted molar refractivity (Wildman–Crippen MR) is 178 cm³/mol. The zero-order valence-corrected chi connectivity index (χ0v) is 25.7. The molecule has 3 aromatic heterocycles. The van der Waals surface area contributed by atoms with Crippen molar-refractivity contribution in [2.45, 2.75) is 0 Å². The fourth-order valence-electron chi connectivity index (χ4n) is 5.35. The van der Waals surface area contributed by atoms with Crippen molar-refractivity contribution in [3.63, 3.8) is 0 Å². The maximum absolute atomic E-state index is 5.52. The SMILES string of the molecule is COc1cccc(-c2nc3cc4nc(-c5cccc(OC)c5)c(-c5cccc(OC)c5)nc4nc3nc2-c2cccc(OC)c2)c1. The minimum absolute atomic E-state index is 0.442. The van der Waals surface area contributed by atoms with E-state index in [-0.39, 0.29) is 0 Å². The fourth-order valence-corrected chi connectivity index (χ4v) is 5.35. The van der Waals surface area contributed by atoms with Gasteiger partial charge in [-0.2, -0.15) is 0 Å². The van der Waals surface area contributed by atoms with Crippen molar-refractivity contribution >= 4 is 22.3 Å². The summed E-state index contributed by atoms with van der Waals surface area (Å²) in [5.41, 5.74) is 8.08. The molecule has 3 heterocycles. The molecule has 0 unspecified atom stereocenters. The number of benzene rings is 4. The fraction of sp³-hybridized carbons (Fsp3) is 0.108. The summed E-state index contributed by atoms with van der Waals surface area (Å²) in [5.74, 6) is 2.85. The van der Waals surface area contributed by atoms with Crippen LogP contribution in [0.15, 0.2) is 103 Å². The normalized spacial score (nSPS) is 11.0. The summed E-state index contributed by atoms with van der Waals surface area (Å²) in [6.07, 6.45) is 0. The largest absolute Gasteiger partial charge is 0.497 e. The molecule has 0 saturated carbocycles. The lowest BCUT2D eigenvalue weighted by Gasteiger charge is -2.14. The highest BCUT2D eigenvalue weighted by Gasteiger charge is 2.19. The zero-order valence-electron chi connectivity index (χ0n) is 25.7. The molecule has 4 aromatic carbocycles. The Balaban J connectivity index is 1.50. The molecular weight excluding hydrogens is 578 g/mol. The maximum Gasteiger partial charge on any atom is 0.181 e. The van der Waals surface area contributed by atoms with E-state index in [2.05, 4.69) is 0 Å². The molecule has 0 aliphatic carbocycles. The van der Waals surface area contributed by atoms with Crippen molar-refractivity contribution in [3.05, 3.63) is 103 Å². The quantitative estimate of drug-likeness (QED) is 0.161. The summed E-state index contributed by atoms with van der Waals surface area (Å²) in [7, 11) is 6.56. The van der Waals surface area contributed by atoms with Gasteiger partial charge in [0.2, 0.25) is 0 Å². The van der Waals surface area contributed by atoms with Crippen LogP contribution in [0.25, 0.3) is 67.4 Å². The zero-order chi connectivity index (χ0) is 31.6. The van der Waals surface area contributed by atoms with Gasteiger partial charge < -0.3 is 18.9 Å². The lowest BCUT2D eigenvalue weighted by molar-refractivity contribution is 0.415. The Kier molecular flexibility index (Phi) is 7.56. The topological polar surface area (TPSA) is 101 Å². The number of nitrogens with zero attached hydrogens (tertiary/aromatic N) is 5. The number of ether oxygens (including phenoxy) is 4. The first-order chi connectivity index (χ1) is 22.6. The van der Waals surface area contributed by atoms with E-state index < -0.39 is 0 Å². The molecule has 0 amide bonds. The first kappa shape index (κ1) is 28.7. The third-order valence-electron chi connectivity index (χ3n) is 7.66. The van der Waals surface area contributed by atoms with Crippen molar-refractivity contribution in [1.29, 1.82) is 0 Å². The summed E-state index contributed by atoms with van der Waals surface area (Å²) < 4.78 is 22.1. The van der Waals surface area contributed by atoms with Crippen LogP contribution in [0, 0.1) is 0 Å². The Bertz CT molecular complexity index is 1930. The van der Waals surface area contributed by atoms with Crippen LogP contribution in [-0.4, -0.2) is 53.4 Å². The Morgan fingerprint density at radius 3 is 0.957 bits per heavy atom. The van der Waals surface area contributed by atoms with E-state index in [1.54, 1.807) is 28.4 Å². The van der Waals surface area contributed by atoms with Gasteiger partial charge in [-0.1, -0.05) is 48.5 Å². The highest BCUT2D eigenvalue weighted by molar-refractivity contribution is 5.92. The molecule has 46 heavy (non-hydrogen) atoms. The van der Waals surface area contributed by atoms with Crippen LogP contribution in [0.3, 0.4) is 0 Å². The molecule has 9 nitrogen and oxygen atoms in total. The van der Waals surface area contributed by atoms with Crippen molar-refractivity contribution in [1.82, 2.24) is 24.9 Å². The van der Waals surface area contributed by atoms with Crippen LogP contribution in [0.4, 0.5) is 0 Å². The van der Waals surface area contributed by atoms with Crippen molar-refractivity contribution in [3.8, 4) is 68.0 Å². The summed E-state index contributed by atoms with van der Waals surface area (Å²) in [6.45, 7) is 0. The van der Waals surface area contributed by atoms with E-state index in [9.17, 15) is 0 Å². The van der Waals surface area contributed by atoms with Gasteiger partial charge >= 0.3 is 0 Å². The van der Waals surface area contributed by atoms with Crippen LogP contribution < -0.4 is 18.9 Å². The average molecular weight is 608 g/mol. The highest BCUT2D eigenvalue weighted by Crippen LogP contribution is 2.36. The van der Waals surface area contributed by atoms with Crippen LogP contribution in [-0.2, 0) is 0 Å². The smallest absolute Gasteiger partial charge is 0.181 e. The first-order valence-corrected chi connectivity index (χ1v) is 14.5. The van der Waals surface area contributed by atoms with E-state index in [1.807, 2.05) is 103 Å². The van der Waals surface area contributed by atoms with E-state index in [0.717, 1.165) is 22.3 Å². The molecule has 0 bridgehead atoms. The van der Waals surface area contributed by atoms with E-state index >= 15 is 0 Å². The molecular formula is C37H29N5O4. The molecule has 9 heteroatoms. The van der Waals surface area contributed by atoms with Crippen molar-refractivity contribution in [2.75, 3.05) is 28.4 Å². The molecule has 7 aromatic rings. The van der Waals surface area contributed by atoms with Gasteiger partial charge in [-0.25, -0.2) is 24.9 Å². The molecule has 0 atom stereocenters. The number of pyridine rings is 1. The number of methoxy groups -OCH3 is 4. The Morgan fingerprint density at radius 2 is 0.652 bits per heavy atom. The van der Waals surface area contributed by atoms with Crippen LogP contribution in [0.5, 0.6) is 23.0 Å². The van der Waals surface area contributed by atoms with Gasteiger partial charge in [0.1, 0.15) is 34.0 Å². The molecule has 7 rings (SSSR count). The van der Waals surface area contributed by atoms with E-state index in [1.165, 1.54) is 0 Å². The second-order valence-electron chi connectivity index (χ2n) is 10.4. The monoisotopic (exact) mass is 607 g/mol. The molecule has 226 valence electrons. The van der Waals surface area contributed by atoms with Gasteiger partial charge in [0.25, 0.3) is 0 Å². The average Bonchev–Trinajstić information content (AvgIpc) is 3.13. The molecule has 0 radical (unpaired) electrons. The number of fused-ring (bicyclic) bond motifs is 2. The third-order valence-corrected chi connectivity index (χ3v) is 7.66. The number of hydrogen-bond donors (Lipinski definition) is 0.